The van der Waals surface area contributed by atoms with Crippen molar-refractivity contribution < 1.29 is 13.2 Å². The molecule has 40 heavy (non-hydrogen) atoms. The van der Waals surface area contributed by atoms with Gasteiger partial charge in [-0.3, -0.25) is 0 Å². The molecule has 6 rings (SSSR count). The van der Waals surface area contributed by atoms with Gasteiger partial charge in [-0.2, -0.15) is 0 Å². The highest BCUT2D eigenvalue weighted by atomic mass is 32.2. The third kappa shape index (κ3) is 5.20. The van der Waals surface area contributed by atoms with Gasteiger partial charge in [0.2, 0.25) is 20.9 Å². The van der Waals surface area contributed by atoms with E-state index in [1.54, 1.807) is 36.5 Å². The van der Waals surface area contributed by atoms with Crippen LogP contribution in [0.2, 0.25) is 0 Å². The van der Waals surface area contributed by atoms with E-state index in [0.717, 1.165) is 34.0 Å². The van der Waals surface area contributed by atoms with E-state index in [1.807, 2.05) is 66.7 Å². The Morgan fingerprint density at radius 1 is 0.725 bits per heavy atom. The van der Waals surface area contributed by atoms with Crippen LogP contribution in [0.3, 0.4) is 0 Å². The second kappa shape index (κ2) is 10.5. The second-order valence-corrected chi connectivity index (χ2v) is 10.8. The number of ether oxygens (including phenoxy) is 1. The first-order valence-corrected chi connectivity index (χ1v) is 14.2. The predicted octanol–water partition coefficient (Wildman–Crippen LogP) is 6.09. The van der Waals surface area contributed by atoms with E-state index in [1.165, 1.54) is 6.20 Å². The smallest absolute Gasteiger partial charge is 0.247 e. The zero-order valence-electron chi connectivity index (χ0n) is 21.3. The van der Waals surface area contributed by atoms with E-state index in [-0.39, 0.29) is 11.0 Å². The van der Waals surface area contributed by atoms with Crippen molar-refractivity contribution in [1.82, 2.24) is 25.1 Å². The Labute approximate surface area is 230 Å². The molecule has 10 heteroatoms. The van der Waals surface area contributed by atoms with Gasteiger partial charge in [0, 0.05) is 40.7 Å². The number of sulfone groups is 1. The highest BCUT2D eigenvalue weighted by molar-refractivity contribution is 7.90. The van der Waals surface area contributed by atoms with Gasteiger partial charge in [-0.25, -0.2) is 23.4 Å². The molecule has 0 atom stereocenters. The first-order chi connectivity index (χ1) is 19.5. The summed E-state index contributed by atoms with van der Waals surface area (Å²) in [6.07, 6.45) is 4.06. The second-order valence-electron chi connectivity index (χ2n) is 8.91. The Hall–Kier alpha value is -5.22. The zero-order valence-corrected chi connectivity index (χ0v) is 22.1. The lowest BCUT2D eigenvalue weighted by Crippen LogP contribution is -2.04. The van der Waals surface area contributed by atoms with Gasteiger partial charge in [0.05, 0.1) is 11.3 Å². The largest absolute Gasteiger partial charge is 0.438 e. The molecule has 0 unspecified atom stereocenters. The Balaban J connectivity index is 1.25. The van der Waals surface area contributed by atoms with Crippen molar-refractivity contribution in [2.45, 2.75) is 5.16 Å². The molecule has 0 aliphatic carbocycles. The molecule has 0 radical (unpaired) electrons. The number of aromatic nitrogens is 5. The SMILES string of the molecule is CS(=O)(=O)c1nccc(-c2cccnc2Oc2ccc(Nc3nnc(-c4ccccc4)c4ccccc34)cc2)n1. The topological polar surface area (TPSA) is 120 Å². The van der Waals surface area contributed by atoms with Crippen LogP contribution in [0.25, 0.3) is 33.3 Å². The van der Waals surface area contributed by atoms with Gasteiger partial charge in [0.1, 0.15) is 11.4 Å². The minimum atomic E-state index is -3.57. The van der Waals surface area contributed by atoms with Crippen LogP contribution in [-0.2, 0) is 9.84 Å². The van der Waals surface area contributed by atoms with Gasteiger partial charge >= 0.3 is 0 Å². The number of rotatable bonds is 7. The fourth-order valence-corrected chi connectivity index (χ4v) is 4.71. The molecule has 0 bridgehead atoms. The Kier molecular flexibility index (Phi) is 6.59. The highest BCUT2D eigenvalue weighted by Crippen LogP contribution is 2.33. The van der Waals surface area contributed by atoms with E-state index in [2.05, 4.69) is 30.5 Å². The van der Waals surface area contributed by atoms with Crippen LogP contribution in [0.15, 0.2) is 115 Å². The molecule has 196 valence electrons. The summed E-state index contributed by atoms with van der Waals surface area (Å²) in [4.78, 5) is 12.4. The van der Waals surface area contributed by atoms with Crippen LogP contribution < -0.4 is 10.1 Å². The lowest BCUT2D eigenvalue weighted by molar-refractivity contribution is 0.464. The van der Waals surface area contributed by atoms with Crippen molar-refractivity contribution in [3.63, 3.8) is 0 Å². The number of hydrogen-bond acceptors (Lipinski definition) is 9. The average Bonchev–Trinajstić information content (AvgIpc) is 2.99. The Morgan fingerprint density at radius 2 is 1.48 bits per heavy atom. The highest BCUT2D eigenvalue weighted by Gasteiger charge is 2.16. The first kappa shape index (κ1) is 25.1. The van der Waals surface area contributed by atoms with Crippen LogP contribution in [0.5, 0.6) is 11.6 Å². The lowest BCUT2D eigenvalue weighted by Gasteiger charge is -2.12. The fourth-order valence-electron chi connectivity index (χ4n) is 4.20. The lowest BCUT2D eigenvalue weighted by atomic mass is 10.0. The molecule has 3 aromatic carbocycles. The van der Waals surface area contributed by atoms with Gasteiger partial charge in [-0.05, 0) is 42.5 Å². The van der Waals surface area contributed by atoms with Gasteiger partial charge in [0.15, 0.2) is 5.82 Å². The fraction of sp³-hybridized carbons (Fsp3) is 0.0333. The van der Waals surface area contributed by atoms with Crippen molar-refractivity contribution in [2.75, 3.05) is 11.6 Å². The third-order valence-electron chi connectivity index (χ3n) is 6.08. The summed E-state index contributed by atoms with van der Waals surface area (Å²) in [5, 5.41) is 14.0. The van der Waals surface area contributed by atoms with Gasteiger partial charge in [0.25, 0.3) is 0 Å². The number of benzene rings is 3. The van der Waals surface area contributed by atoms with Crippen molar-refractivity contribution in [1.29, 1.82) is 0 Å². The van der Waals surface area contributed by atoms with Gasteiger partial charge in [-0.1, -0.05) is 54.6 Å². The van der Waals surface area contributed by atoms with E-state index in [0.29, 0.717) is 22.8 Å². The van der Waals surface area contributed by atoms with Gasteiger partial charge in [-0.15, -0.1) is 10.2 Å². The maximum Gasteiger partial charge on any atom is 0.247 e. The van der Waals surface area contributed by atoms with Crippen LogP contribution in [0.4, 0.5) is 11.5 Å². The minimum absolute atomic E-state index is 0.261. The maximum atomic E-state index is 11.9. The minimum Gasteiger partial charge on any atom is -0.438 e. The molecule has 0 amide bonds. The molecule has 3 heterocycles. The molecular formula is C30H22N6O3S. The number of nitrogens with one attached hydrogen (secondary N) is 1. The summed E-state index contributed by atoms with van der Waals surface area (Å²) in [5.41, 5.74) is 3.55. The number of hydrogen-bond donors (Lipinski definition) is 1. The van der Waals surface area contributed by atoms with Crippen molar-refractivity contribution in [3.05, 3.63) is 109 Å². The normalized spacial score (nSPS) is 11.3. The summed E-state index contributed by atoms with van der Waals surface area (Å²) in [6, 6.07) is 30.4. The van der Waals surface area contributed by atoms with Crippen LogP contribution in [0.1, 0.15) is 0 Å². The van der Waals surface area contributed by atoms with Crippen LogP contribution in [-0.4, -0.2) is 39.8 Å². The Bertz CT molecular complexity index is 1930. The number of anilines is 2. The molecule has 0 fully saturated rings. The molecule has 6 aromatic rings. The monoisotopic (exact) mass is 546 g/mol. The number of fused-ring (bicyclic) bond motifs is 1. The number of pyridine rings is 1. The molecule has 1 N–H and O–H groups in total. The van der Waals surface area contributed by atoms with Crippen LogP contribution in [0, 0.1) is 0 Å². The molecule has 0 spiro atoms. The molecule has 0 saturated carbocycles. The van der Waals surface area contributed by atoms with E-state index in [9.17, 15) is 8.42 Å². The molecule has 9 nitrogen and oxygen atoms in total. The predicted molar refractivity (Wildman–Crippen MR) is 153 cm³/mol. The number of nitrogens with zero attached hydrogens (tertiary/aromatic N) is 5. The standard InChI is InChI=1S/C30H22N6O3S/c1-40(37,38)30-32-19-17-26(34-30)25-12-7-18-31-29(25)39-22-15-13-21(14-16-22)33-28-24-11-6-5-10-23(24)27(35-36-28)20-8-3-2-4-9-20/h2-19H,1H3,(H,33,36). The Morgan fingerprint density at radius 3 is 2.25 bits per heavy atom. The summed E-state index contributed by atoms with van der Waals surface area (Å²) < 4.78 is 29.9. The van der Waals surface area contributed by atoms with E-state index < -0.39 is 9.84 Å². The van der Waals surface area contributed by atoms with Gasteiger partial charge < -0.3 is 10.1 Å². The third-order valence-corrected chi connectivity index (χ3v) is 6.94. The summed E-state index contributed by atoms with van der Waals surface area (Å²) >= 11 is 0. The van der Waals surface area contributed by atoms with Crippen molar-refractivity contribution in [3.8, 4) is 34.1 Å². The maximum absolute atomic E-state index is 11.9. The molecule has 0 aliphatic heterocycles. The molecular weight excluding hydrogens is 524 g/mol. The van der Waals surface area contributed by atoms with Crippen molar-refractivity contribution >= 4 is 32.1 Å². The van der Waals surface area contributed by atoms with E-state index in [4.69, 9.17) is 4.74 Å². The summed E-state index contributed by atoms with van der Waals surface area (Å²) in [5.74, 6) is 1.47. The zero-order chi connectivity index (χ0) is 27.5. The first-order valence-electron chi connectivity index (χ1n) is 12.3. The molecule has 3 aromatic heterocycles. The average molecular weight is 547 g/mol. The molecule has 0 aliphatic rings. The van der Waals surface area contributed by atoms with E-state index >= 15 is 0 Å². The summed E-state index contributed by atoms with van der Waals surface area (Å²) in [6.45, 7) is 0. The van der Waals surface area contributed by atoms with Crippen molar-refractivity contribution in [2.24, 2.45) is 0 Å². The summed E-state index contributed by atoms with van der Waals surface area (Å²) in [7, 11) is -3.57. The quantitative estimate of drug-likeness (QED) is 0.237. The molecule has 0 saturated heterocycles. The van der Waals surface area contributed by atoms with Crippen LogP contribution >= 0.6 is 0 Å².